The van der Waals surface area contributed by atoms with Crippen LogP contribution in [0.5, 0.6) is 0 Å². The first kappa shape index (κ1) is 14.4. The number of carbonyl (C=O) groups is 1. The summed E-state index contributed by atoms with van der Waals surface area (Å²) >= 11 is 0. The summed E-state index contributed by atoms with van der Waals surface area (Å²) in [6.45, 7) is 0. The van der Waals surface area contributed by atoms with Crippen LogP contribution in [0.2, 0.25) is 0 Å². The summed E-state index contributed by atoms with van der Waals surface area (Å²) in [7, 11) is 0. The SMILES string of the molecule is O=C=NC(=O)Cc1c(C2CC2)cc(F)cc1C(F)(F)F. The van der Waals surface area contributed by atoms with Crippen molar-refractivity contribution in [3.05, 3.63) is 34.6 Å². The molecule has 0 aliphatic heterocycles. The van der Waals surface area contributed by atoms with Crippen LogP contribution in [0.4, 0.5) is 17.6 Å². The highest BCUT2D eigenvalue weighted by Crippen LogP contribution is 2.45. The van der Waals surface area contributed by atoms with Gasteiger partial charge in [-0.05, 0) is 42.0 Å². The van der Waals surface area contributed by atoms with Gasteiger partial charge in [-0.2, -0.15) is 13.2 Å². The zero-order chi connectivity index (χ0) is 14.9. The number of carbonyl (C=O) groups excluding carboxylic acids is 2. The molecule has 2 rings (SSSR count). The summed E-state index contributed by atoms with van der Waals surface area (Å²) in [6, 6.07) is 1.37. The zero-order valence-electron chi connectivity index (χ0n) is 10.1. The Labute approximate surface area is 111 Å². The average molecular weight is 287 g/mol. The summed E-state index contributed by atoms with van der Waals surface area (Å²) in [5, 5.41) is 0. The Morgan fingerprint density at radius 3 is 2.50 bits per heavy atom. The summed E-state index contributed by atoms with van der Waals surface area (Å²) in [5.74, 6) is -2.19. The van der Waals surface area contributed by atoms with Crippen molar-refractivity contribution in [2.24, 2.45) is 4.99 Å². The van der Waals surface area contributed by atoms with Crippen LogP contribution in [-0.4, -0.2) is 12.0 Å². The van der Waals surface area contributed by atoms with Gasteiger partial charge in [0.05, 0.1) is 12.0 Å². The van der Waals surface area contributed by atoms with Gasteiger partial charge in [-0.3, -0.25) is 4.79 Å². The number of isocyanates is 1. The van der Waals surface area contributed by atoms with Crippen molar-refractivity contribution >= 4 is 12.0 Å². The van der Waals surface area contributed by atoms with Crippen LogP contribution in [0.25, 0.3) is 0 Å². The molecule has 3 nitrogen and oxygen atoms in total. The molecule has 20 heavy (non-hydrogen) atoms. The fourth-order valence-corrected chi connectivity index (χ4v) is 2.11. The highest BCUT2D eigenvalue weighted by atomic mass is 19.4. The number of rotatable bonds is 3. The van der Waals surface area contributed by atoms with E-state index in [0.717, 1.165) is 12.1 Å². The lowest BCUT2D eigenvalue weighted by Crippen LogP contribution is -2.14. The summed E-state index contributed by atoms with van der Waals surface area (Å²) in [4.78, 5) is 24.0. The molecule has 0 aromatic heterocycles. The van der Waals surface area contributed by atoms with Gasteiger partial charge in [0.1, 0.15) is 5.82 Å². The molecule has 106 valence electrons. The van der Waals surface area contributed by atoms with Gasteiger partial charge in [0.25, 0.3) is 5.91 Å². The molecule has 0 atom stereocenters. The van der Waals surface area contributed by atoms with Gasteiger partial charge >= 0.3 is 6.18 Å². The molecule has 0 saturated heterocycles. The maximum absolute atomic E-state index is 13.3. The smallest absolute Gasteiger partial charge is 0.271 e. The van der Waals surface area contributed by atoms with Crippen LogP contribution in [0.3, 0.4) is 0 Å². The molecular weight excluding hydrogens is 278 g/mol. The predicted molar refractivity (Wildman–Crippen MR) is 60.2 cm³/mol. The second-order valence-electron chi connectivity index (χ2n) is 4.57. The van der Waals surface area contributed by atoms with Crippen molar-refractivity contribution < 1.29 is 27.2 Å². The third kappa shape index (κ3) is 3.11. The average Bonchev–Trinajstić information content (AvgIpc) is 3.13. The molecule has 1 aromatic rings. The maximum Gasteiger partial charge on any atom is 0.416 e. The molecule has 1 aliphatic carbocycles. The lowest BCUT2D eigenvalue weighted by molar-refractivity contribution is -0.138. The molecule has 0 heterocycles. The highest BCUT2D eigenvalue weighted by Gasteiger charge is 2.38. The summed E-state index contributed by atoms with van der Waals surface area (Å²) in [5.41, 5.74) is -1.31. The number of hydrogen-bond donors (Lipinski definition) is 0. The Morgan fingerprint density at radius 1 is 1.35 bits per heavy atom. The van der Waals surface area contributed by atoms with Crippen molar-refractivity contribution in [3.8, 4) is 0 Å². The number of alkyl halides is 3. The number of halogens is 4. The fourth-order valence-electron chi connectivity index (χ4n) is 2.11. The van der Waals surface area contributed by atoms with Crippen LogP contribution in [0, 0.1) is 5.82 Å². The van der Waals surface area contributed by atoms with Gasteiger partial charge in [-0.1, -0.05) is 0 Å². The first-order valence-electron chi connectivity index (χ1n) is 5.83. The van der Waals surface area contributed by atoms with Crippen molar-refractivity contribution in [1.29, 1.82) is 0 Å². The van der Waals surface area contributed by atoms with E-state index in [1.165, 1.54) is 0 Å². The minimum atomic E-state index is -4.77. The van der Waals surface area contributed by atoms with E-state index >= 15 is 0 Å². The van der Waals surface area contributed by atoms with Gasteiger partial charge < -0.3 is 0 Å². The summed E-state index contributed by atoms with van der Waals surface area (Å²) in [6.07, 6.45) is -3.16. The Hall–Kier alpha value is -2.01. The molecule has 1 aromatic carbocycles. The third-order valence-corrected chi connectivity index (χ3v) is 3.07. The van der Waals surface area contributed by atoms with E-state index in [2.05, 4.69) is 4.99 Å². The molecule has 0 unspecified atom stereocenters. The highest BCUT2D eigenvalue weighted by molar-refractivity contribution is 5.84. The molecular formula is C13H9F4NO2. The second kappa shape index (κ2) is 5.17. The van der Waals surface area contributed by atoms with E-state index in [1.54, 1.807) is 0 Å². The predicted octanol–water partition coefficient (Wildman–Crippen LogP) is 3.13. The van der Waals surface area contributed by atoms with Crippen LogP contribution < -0.4 is 0 Å². The lowest BCUT2D eigenvalue weighted by Gasteiger charge is -2.16. The summed E-state index contributed by atoms with van der Waals surface area (Å²) < 4.78 is 52.2. The van der Waals surface area contributed by atoms with E-state index in [4.69, 9.17) is 0 Å². The standard InChI is InChI=1S/C13H9F4NO2/c14-8-3-9(7-1-2-7)10(5-12(20)18-6-19)11(4-8)13(15,16)17/h3-4,7H,1-2,5H2. The van der Waals surface area contributed by atoms with Gasteiger partial charge in [-0.15, -0.1) is 4.99 Å². The van der Waals surface area contributed by atoms with Gasteiger partial charge in [0.15, 0.2) is 0 Å². The van der Waals surface area contributed by atoms with E-state index in [9.17, 15) is 27.2 Å². The Balaban J connectivity index is 2.54. The number of nitrogens with zero attached hydrogens (tertiary/aromatic N) is 1. The second-order valence-corrected chi connectivity index (χ2v) is 4.57. The number of amides is 1. The van der Waals surface area contributed by atoms with E-state index in [-0.39, 0.29) is 17.0 Å². The van der Waals surface area contributed by atoms with E-state index < -0.39 is 29.9 Å². The van der Waals surface area contributed by atoms with Gasteiger partial charge in [0.2, 0.25) is 6.08 Å². The molecule has 0 spiro atoms. The first-order chi connectivity index (χ1) is 9.32. The number of benzene rings is 1. The molecule has 1 saturated carbocycles. The van der Waals surface area contributed by atoms with Crippen LogP contribution in [0.15, 0.2) is 17.1 Å². The zero-order valence-corrected chi connectivity index (χ0v) is 10.1. The molecule has 1 fully saturated rings. The minimum absolute atomic E-state index is 0.171. The molecule has 0 radical (unpaired) electrons. The number of aliphatic imine (C=N–C) groups is 1. The topological polar surface area (TPSA) is 46.5 Å². The normalized spacial score (nSPS) is 14.8. The van der Waals surface area contributed by atoms with Crippen LogP contribution in [0.1, 0.15) is 35.4 Å². The Morgan fingerprint density at radius 2 is 2.00 bits per heavy atom. The van der Waals surface area contributed by atoms with Crippen molar-refractivity contribution in [2.75, 3.05) is 0 Å². The minimum Gasteiger partial charge on any atom is -0.271 e. The molecule has 0 N–H and O–H groups in total. The van der Waals surface area contributed by atoms with Gasteiger partial charge in [0, 0.05) is 0 Å². The van der Waals surface area contributed by atoms with E-state index in [0.29, 0.717) is 18.9 Å². The van der Waals surface area contributed by atoms with Crippen molar-refractivity contribution in [3.63, 3.8) is 0 Å². The third-order valence-electron chi connectivity index (χ3n) is 3.07. The molecule has 0 bridgehead atoms. The first-order valence-corrected chi connectivity index (χ1v) is 5.83. The van der Waals surface area contributed by atoms with Crippen LogP contribution >= 0.6 is 0 Å². The fraction of sp³-hybridized carbons (Fsp3) is 0.385. The molecule has 1 amide bonds. The van der Waals surface area contributed by atoms with Gasteiger partial charge in [-0.25, -0.2) is 9.18 Å². The maximum atomic E-state index is 13.3. The van der Waals surface area contributed by atoms with Crippen molar-refractivity contribution in [1.82, 2.24) is 0 Å². The Kier molecular flexibility index (Phi) is 3.72. The molecule has 7 heteroatoms. The quantitative estimate of drug-likeness (QED) is 0.487. The monoisotopic (exact) mass is 287 g/mol. The Bertz CT molecular complexity index is 599. The number of hydrogen-bond acceptors (Lipinski definition) is 2. The van der Waals surface area contributed by atoms with E-state index in [1.807, 2.05) is 0 Å². The van der Waals surface area contributed by atoms with Crippen LogP contribution in [-0.2, 0) is 22.2 Å². The largest absolute Gasteiger partial charge is 0.416 e. The lowest BCUT2D eigenvalue weighted by atomic mass is 9.94. The molecule has 1 aliphatic rings. The van der Waals surface area contributed by atoms with Crippen molar-refractivity contribution in [2.45, 2.75) is 31.4 Å².